The third-order valence-corrected chi connectivity index (χ3v) is 4.81. The van der Waals surface area contributed by atoms with Crippen LogP contribution in [0.25, 0.3) is 0 Å². The molecule has 0 saturated carbocycles. The summed E-state index contributed by atoms with van der Waals surface area (Å²) in [6, 6.07) is 11.1. The minimum Gasteiger partial charge on any atom is -0.477 e. The van der Waals surface area contributed by atoms with Crippen LogP contribution in [0, 0.1) is 5.92 Å². The van der Waals surface area contributed by atoms with Gasteiger partial charge >= 0.3 is 5.97 Å². The molecule has 1 heterocycles. The molecule has 0 aliphatic heterocycles. The number of aromatic carboxylic acids is 1. The summed E-state index contributed by atoms with van der Waals surface area (Å²) >= 11 is 5.60. The van der Waals surface area contributed by atoms with Gasteiger partial charge in [-0.05, 0) is 29.0 Å². The van der Waals surface area contributed by atoms with Crippen LogP contribution >= 0.6 is 24.0 Å². The number of carboxylic acids is 1. The summed E-state index contributed by atoms with van der Waals surface area (Å²) in [5, 5.41) is 10.2. The predicted molar refractivity (Wildman–Crippen MR) is 85.8 cm³/mol. The molecule has 3 N–H and O–H groups in total. The highest BCUT2D eigenvalue weighted by Crippen LogP contribution is 2.33. The highest BCUT2D eigenvalue weighted by Gasteiger charge is 2.26. The van der Waals surface area contributed by atoms with Crippen LogP contribution < -0.4 is 5.73 Å². The minimum absolute atomic E-state index is 0.229. The molecule has 2 unspecified atom stereocenters. The minimum atomic E-state index is -0.981. The van der Waals surface area contributed by atoms with Gasteiger partial charge in [-0.25, -0.2) is 4.79 Å². The van der Waals surface area contributed by atoms with Gasteiger partial charge in [0.1, 0.15) is 4.88 Å². The highest BCUT2D eigenvalue weighted by atomic mass is 32.1. The van der Waals surface area contributed by atoms with Crippen molar-refractivity contribution in [3.63, 3.8) is 0 Å². The smallest absolute Gasteiger partial charge is 0.345 e. The third-order valence-electron chi connectivity index (χ3n) is 3.22. The van der Waals surface area contributed by atoms with Gasteiger partial charge in [0.15, 0.2) is 0 Å². The van der Waals surface area contributed by atoms with E-state index in [1.165, 1.54) is 0 Å². The summed E-state index contributed by atoms with van der Waals surface area (Å²) in [6.45, 7) is 0. The molecule has 4 nitrogen and oxygen atoms in total. The first-order chi connectivity index (χ1) is 9.99. The van der Waals surface area contributed by atoms with Crippen LogP contribution in [0.3, 0.4) is 0 Å². The number of amides is 1. The first kappa shape index (κ1) is 15.6. The van der Waals surface area contributed by atoms with E-state index in [9.17, 15) is 9.59 Å². The lowest BCUT2D eigenvalue weighted by Gasteiger charge is -2.19. The van der Waals surface area contributed by atoms with Gasteiger partial charge in [0.2, 0.25) is 5.91 Å². The van der Waals surface area contributed by atoms with Crippen molar-refractivity contribution < 1.29 is 14.7 Å². The summed E-state index contributed by atoms with van der Waals surface area (Å²) in [7, 11) is 0. The standard InChI is InChI=1S/C15H15NO3S2/c16-14(17)11(6-9-4-2-1-3-5-9)13(20)10-7-12(15(18)19)21-8-10/h1-5,7-8,11,13,20H,6H2,(H2,16,17)(H,18,19). The lowest BCUT2D eigenvalue weighted by molar-refractivity contribution is -0.121. The Morgan fingerprint density at radius 2 is 1.95 bits per heavy atom. The highest BCUT2D eigenvalue weighted by molar-refractivity contribution is 7.80. The predicted octanol–water partition coefficient (Wildman–Crippen LogP) is 2.76. The number of rotatable bonds is 6. The van der Waals surface area contributed by atoms with Crippen LogP contribution in [0.5, 0.6) is 0 Å². The molecule has 2 rings (SSSR count). The van der Waals surface area contributed by atoms with Crippen LogP contribution in [0.15, 0.2) is 41.8 Å². The fourth-order valence-corrected chi connectivity index (χ4v) is 3.37. The van der Waals surface area contributed by atoms with E-state index in [0.29, 0.717) is 12.0 Å². The number of hydrogen-bond donors (Lipinski definition) is 3. The van der Waals surface area contributed by atoms with E-state index in [1.807, 2.05) is 30.3 Å². The lowest BCUT2D eigenvalue weighted by Crippen LogP contribution is -2.28. The molecule has 2 atom stereocenters. The molecule has 0 spiro atoms. The van der Waals surface area contributed by atoms with Crippen molar-refractivity contribution in [3.05, 3.63) is 57.8 Å². The number of carbonyl (C=O) groups excluding carboxylic acids is 1. The topological polar surface area (TPSA) is 80.4 Å². The van der Waals surface area contributed by atoms with Crippen molar-refractivity contribution in [2.75, 3.05) is 0 Å². The average molecular weight is 321 g/mol. The van der Waals surface area contributed by atoms with Crippen LogP contribution in [0.1, 0.15) is 26.0 Å². The van der Waals surface area contributed by atoms with Crippen LogP contribution in [-0.4, -0.2) is 17.0 Å². The van der Waals surface area contributed by atoms with E-state index in [1.54, 1.807) is 11.4 Å². The quantitative estimate of drug-likeness (QED) is 0.716. The number of nitrogens with two attached hydrogens (primary N) is 1. The molecular formula is C15H15NO3S2. The van der Waals surface area contributed by atoms with Crippen molar-refractivity contribution in [2.45, 2.75) is 11.7 Å². The molecule has 0 aliphatic carbocycles. The summed E-state index contributed by atoms with van der Waals surface area (Å²) in [5.74, 6) is -1.92. The molecule has 0 radical (unpaired) electrons. The van der Waals surface area contributed by atoms with Crippen molar-refractivity contribution in [1.29, 1.82) is 0 Å². The van der Waals surface area contributed by atoms with E-state index in [-0.39, 0.29) is 4.88 Å². The Kier molecular flexibility index (Phi) is 5.03. The van der Waals surface area contributed by atoms with Gasteiger partial charge in [-0.15, -0.1) is 11.3 Å². The monoisotopic (exact) mass is 321 g/mol. The zero-order valence-electron chi connectivity index (χ0n) is 11.1. The largest absolute Gasteiger partial charge is 0.477 e. The average Bonchev–Trinajstić information content (AvgIpc) is 2.95. The molecule has 21 heavy (non-hydrogen) atoms. The molecule has 2 aromatic rings. The van der Waals surface area contributed by atoms with Crippen molar-refractivity contribution >= 4 is 35.8 Å². The summed E-state index contributed by atoms with van der Waals surface area (Å²) in [6.07, 6.45) is 0.475. The number of thiol groups is 1. The third kappa shape index (κ3) is 3.86. The SMILES string of the molecule is NC(=O)C(Cc1ccccc1)C(S)c1csc(C(=O)O)c1. The molecule has 1 aromatic heterocycles. The number of primary amides is 1. The summed E-state index contributed by atoms with van der Waals surface area (Å²) in [5.41, 5.74) is 7.19. The number of carboxylic acid groups (broad SMARTS) is 1. The number of benzene rings is 1. The van der Waals surface area contributed by atoms with E-state index in [2.05, 4.69) is 12.6 Å². The van der Waals surface area contributed by atoms with E-state index < -0.39 is 23.0 Å². The number of hydrogen-bond acceptors (Lipinski definition) is 4. The Bertz CT molecular complexity index is 639. The maximum atomic E-state index is 11.7. The van der Waals surface area contributed by atoms with Gasteiger partial charge in [-0.2, -0.15) is 12.6 Å². The Balaban J connectivity index is 2.20. The fourth-order valence-electron chi connectivity index (χ4n) is 2.09. The van der Waals surface area contributed by atoms with Crippen LogP contribution in [0.2, 0.25) is 0 Å². The van der Waals surface area contributed by atoms with E-state index in [0.717, 1.165) is 16.9 Å². The lowest BCUT2D eigenvalue weighted by atomic mass is 9.92. The fraction of sp³-hybridized carbons (Fsp3) is 0.200. The second kappa shape index (κ2) is 6.78. The zero-order valence-corrected chi connectivity index (χ0v) is 12.8. The molecule has 110 valence electrons. The van der Waals surface area contributed by atoms with Gasteiger partial charge in [-0.3, -0.25) is 4.79 Å². The molecular weight excluding hydrogens is 306 g/mol. The molecule has 6 heteroatoms. The number of thiophene rings is 1. The Labute approximate surface area is 132 Å². The Morgan fingerprint density at radius 1 is 1.29 bits per heavy atom. The van der Waals surface area contributed by atoms with Crippen LogP contribution in [-0.2, 0) is 11.2 Å². The van der Waals surface area contributed by atoms with Gasteiger partial charge in [0, 0.05) is 5.25 Å². The maximum Gasteiger partial charge on any atom is 0.345 e. The second-order valence-electron chi connectivity index (χ2n) is 4.69. The Morgan fingerprint density at radius 3 is 2.48 bits per heavy atom. The molecule has 0 fully saturated rings. The van der Waals surface area contributed by atoms with Gasteiger partial charge in [0.05, 0.1) is 5.92 Å². The molecule has 1 aromatic carbocycles. The first-order valence-electron chi connectivity index (χ1n) is 6.32. The molecule has 0 aliphatic rings. The summed E-state index contributed by atoms with van der Waals surface area (Å²) in [4.78, 5) is 22.9. The van der Waals surface area contributed by atoms with E-state index in [4.69, 9.17) is 10.8 Å². The normalized spacial score (nSPS) is 13.6. The van der Waals surface area contributed by atoms with Crippen molar-refractivity contribution in [3.8, 4) is 0 Å². The van der Waals surface area contributed by atoms with Crippen LogP contribution in [0.4, 0.5) is 0 Å². The zero-order chi connectivity index (χ0) is 15.4. The molecule has 1 amide bonds. The summed E-state index contributed by atoms with van der Waals surface area (Å²) < 4.78 is 0. The molecule has 0 bridgehead atoms. The first-order valence-corrected chi connectivity index (χ1v) is 7.71. The second-order valence-corrected chi connectivity index (χ2v) is 6.16. The molecule has 0 saturated heterocycles. The van der Waals surface area contributed by atoms with E-state index >= 15 is 0 Å². The van der Waals surface area contributed by atoms with Crippen molar-refractivity contribution in [2.24, 2.45) is 11.7 Å². The van der Waals surface area contributed by atoms with Gasteiger partial charge in [0.25, 0.3) is 0 Å². The number of carbonyl (C=O) groups is 2. The van der Waals surface area contributed by atoms with Gasteiger partial charge < -0.3 is 10.8 Å². The Hall–Kier alpha value is -1.79. The maximum absolute atomic E-state index is 11.7. The van der Waals surface area contributed by atoms with Gasteiger partial charge in [-0.1, -0.05) is 30.3 Å². The van der Waals surface area contributed by atoms with Crippen molar-refractivity contribution in [1.82, 2.24) is 0 Å².